The molecule has 2 aromatic rings. The number of anilines is 3. The summed E-state index contributed by atoms with van der Waals surface area (Å²) in [7, 11) is 0. The number of nitrogens with two attached hydrogens (primary N) is 2. The van der Waals surface area contributed by atoms with E-state index in [1.165, 1.54) is 0 Å². The lowest BCUT2D eigenvalue weighted by Gasteiger charge is -2.41. The Balaban J connectivity index is 1.99. The van der Waals surface area contributed by atoms with Gasteiger partial charge in [-0.15, -0.1) is 0 Å². The number of benzene rings is 1. The summed E-state index contributed by atoms with van der Waals surface area (Å²) in [4.78, 5) is 10.6. The molecular weight excluding hydrogens is 300 g/mol. The van der Waals surface area contributed by atoms with Gasteiger partial charge in [-0.1, -0.05) is 30.7 Å². The lowest BCUT2D eigenvalue weighted by molar-refractivity contribution is 0.427. The highest BCUT2D eigenvalue weighted by Gasteiger charge is 2.30. The van der Waals surface area contributed by atoms with Gasteiger partial charge in [0.05, 0.1) is 5.56 Å². The van der Waals surface area contributed by atoms with Crippen LogP contribution in [0.2, 0.25) is 5.02 Å². The van der Waals surface area contributed by atoms with E-state index < -0.39 is 0 Å². The molecule has 1 aliphatic heterocycles. The van der Waals surface area contributed by atoms with Crippen LogP contribution in [-0.2, 0) is 0 Å². The molecule has 0 amide bonds. The van der Waals surface area contributed by atoms with Crippen molar-refractivity contribution in [3.05, 3.63) is 29.3 Å². The summed E-state index contributed by atoms with van der Waals surface area (Å²) in [5, 5.41) is 4.06. The highest BCUT2D eigenvalue weighted by atomic mass is 35.5. The molecule has 1 fully saturated rings. The molecule has 0 unspecified atom stereocenters. The number of nitrogen functional groups attached to an aromatic ring is 2. The monoisotopic (exact) mass is 318 g/mol. The van der Waals surface area contributed by atoms with Crippen molar-refractivity contribution in [2.45, 2.75) is 13.0 Å². The van der Waals surface area contributed by atoms with Crippen molar-refractivity contribution in [3.8, 4) is 11.1 Å². The molecule has 3 rings (SSSR count). The van der Waals surface area contributed by atoms with Gasteiger partial charge in [0.2, 0.25) is 5.95 Å². The van der Waals surface area contributed by atoms with Crippen LogP contribution in [0, 0.1) is 0 Å². The lowest BCUT2D eigenvalue weighted by atomic mass is 10.0. The quantitative estimate of drug-likeness (QED) is 0.795. The highest BCUT2D eigenvalue weighted by Crippen LogP contribution is 2.36. The van der Waals surface area contributed by atoms with Crippen LogP contribution < -0.4 is 21.7 Å². The summed E-state index contributed by atoms with van der Waals surface area (Å²) in [6.07, 6.45) is 0. The maximum atomic E-state index is 6.10. The minimum absolute atomic E-state index is 0.185. The zero-order valence-corrected chi connectivity index (χ0v) is 13.1. The predicted molar refractivity (Wildman–Crippen MR) is 91.0 cm³/mol. The summed E-state index contributed by atoms with van der Waals surface area (Å²) in [5.41, 5.74) is 13.6. The number of rotatable bonds is 4. The van der Waals surface area contributed by atoms with E-state index in [4.69, 9.17) is 23.1 Å². The van der Waals surface area contributed by atoms with Gasteiger partial charge in [-0.25, -0.2) is 0 Å². The number of hydrogen-bond donors (Lipinski definition) is 3. The maximum Gasteiger partial charge on any atom is 0.223 e. The minimum Gasteiger partial charge on any atom is -0.383 e. The van der Waals surface area contributed by atoms with E-state index in [0.717, 1.165) is 36.6 Å². The van der Waals surface area contributed by atoms with Gasteiger partial charge in [0.25, 0.3) is 0 Å². The number of aromatic nitrogens is 2. The fourth-order valence-corrected chi connectivity index (χ4v) is 2.89. The van der Waals surface area contributed by atoms with Crippen LogP contribution in [-0.4, -0.2) is 35.6 Å². The molecule has 1 aliphatic rings. The van der Waals surface area contributed by atoms with Crippen LogP contribution in [0.1, 0.15) is 6.92 Å². The second-order valence-electron chi connectivity index (χ2n) is 5.34. The Morgan fingerprint density at radius 2 is 2.09 bits per heavy atom. The summed E-state index contributed by atoms with van der Waals surface area (Å²) >= 11 is 6.09. The Morgan fingerprint density at radius 1 is 1.32 bits per heavy atom. The third-order valence-corrected chi connectivity index (χ3v) is 3.96. The number of nitrogens with zero attached hydrogens (tertiary/aromatic N) is 3. The van der Waals surface area contributed by atoms with Gasteiger partial charge < -0.3 is 21.7 Å². The van der Waals surface area contributed by atoms with E-state index in [9.17, 15) is 0 Å². The average molecular weight is 319 g/mol. The van der Waals surface area contributed by atoms with Gasteiger partial charge in [-0.05, 0) is 24.2 Å². The summed E-state index contributed by atoms with van der Waals surface area (Å²) < 4.78 is 0. The number of hydrogen-bond acceptors (Lipinski definition) is 6. The first kappa shape index (κ1) is 14.9. The Hall–Kier alpha value is -2.05. The third-order valence-electron chi connectivity index (χ3n) is 3.72. The Labute approximate surface area is 134 Å². The van der Waals surface area contributed by atoms with Gasteiger partial charge >= 0.3 is 0 Å². The van der Waals surface area contributed by atoms with E-state index >= 15 is 0 Å². The molecule has 7 heteroatoms. The van der Waals surface area contributed by atoms with Crippen molar-refractivity contribution in [3.63, 3.8) is 0 Å². The number of halogens is 1. The smallest absolute Gasteiger partial charge is 0.223 e. The molecular formula is C15H19ClN6. The molecule has 1 aromatic carbocycles. The first-order valence-corrected chi connectivity index (χ1v) is 7.63. The van der Waals surface area contributed by atoms with Crippen LogP contribution in [0.5, 0.6) is 0 Å². The van der Waals surface area contributed by atoms with Gasteiger partial charge in [0.15, 0.2) is 0 Å². The lowest BCUT2D eigenvalue weighted by Crippen LogP contribution is -2.58. The molecule has 22 heavy (non-hydrogen) atoms. The second-order valence-corrected chi connectivity index (χ2v) is 5.77. The first-order valence-electron chi connectivity index (χ1n) is 7.25. The molecule has 2 heterocycles. The van der Waals surface area contributed by atoms with Crippen molar-refractivity contribution in [1.29, 1.82) is 0 Å². The summed E-state index contributed by atoms with van der Waals surface area (Å²) in [6.45, 7) is 4.79. The standard InChI is InChI=1S/C15H19ClN6/c1-2-19-11-7-22(8-11)14-12(13(17)20-15(18)21-14)9-4-3-5-10(16)6-9/h3-6,11,19H,2,7-8H2,1H3,(H4,17,18,20,21). The zero-order valence-electron chi connectivity index (χ0n) is 12.4. The van der Waals surface area contributed by atoms with Crippen LogP contribution in [0.3, 0.4) is 0 Å². The molecule has 0 saturated carbocycles. The Morgan fingerprint density at radius 3 is 2.77 bits per heavy atom. The number of nitrogens with one attached hydrogen (secondary N) is 1. The van der Waals surface area contributed by atoms with E-state index in [1.807, 2.05) is 24.3 Å². The van der Waals surface area contributed by atoms with E-state index in [0.29, 0.717) is 16.9 Å². The molecule has 6 nitrogen and oxygen atoms in total. The van der Waals surface area contributed by atoms with Crippen LogP contribution in [0.25, 0.3) is 11.1 Å². The molecule has 0 aliphatic carbocycles. The minimum atomic E-state index is 0.185. The molecule has 0 radical (unpaired) electrons. The topological polar surface area (TPSA) is 93.1 Å². The van der Waals surface area contributed by atoms with Crippen LogP contribution in [0.4, 0.5) is 17.6 Å². The van der Waals surface area contributed by atoms with Gasteiger partial charge in [0, 0.05) is 24.2 Å². The predicted octanol–water partition coefficient (Wildman–Crippen LogP) is 1.76. The maximum absolute atomic E-state index is 6.10. The fourth-order valence-electron chi connectivity index (χ4n) is 2.70. The van der Waals surface area contributed by atoms with E-state index in [1.54, 1.807) is 0 Å². The van der Waals surface area contributed by atoms with Gasteiger partial charge in [-0.3, -0.25) is 0 Å². The molecule has 1 saturated heterocycles. The molecule has 5 N–H and O–H groups in total. The second kappa shape index (κ2) is 5.98. The molecule has 0 spiro atoms. The normalized spacial score (nSPS) is 14.9. The van der Waals surface area contributed by atoms with Crippen molar-refractivity contribution in [2.75, 3.05) is 36.0 Å². The SMILES string of the molecule is CCNC1CN(c2nc(N)nc(N)c2-c2cccc(Cl)c2)C1. The van der Waals surface area contributed by atoms with Crippen molar-refractivity contribution in [2.24, 2.45) is 0 Å². The molecule has 1 aromatic heterocycles. The van der Waals surface area contributed by atoms with Crippen molar-refractivity contribution in [1.82, 2.24) is 15.3 Å². The first-order chi connectivity index (χ1) is 10.6. The zero-order chi connectivity index (χ0) is 15.7. The van der Waals surface area contributed by atoms with E-state index in [-0.39, 0.29) is 5.95 Å². The average Bonchev–Trinajstić information content (AvgIpc) is 2.41. The largest absolute Gasteiger partial charge is 0.383 e. The molecule has 116 valence electrons. The van der Waals surface area contributed by atoms with Crippen LogP contribution in [0.15, 0.2) is 24.3 Å². The summed E-state index contributed by atoms with van der Waals surface area (Å²) in [6, 6.07) is 7.98. The van der Waals surface area contributed by atoms with Crippen molar-refractivity contribution < 1.29 is 0 Å². The molecule has 0 bridgehead atoms. The summed E-state index contributed by atoms with van der Waals surface area (Å²) in [5.74, 6) is 1.32. The number of likely N-dealkylation sites (N-methyl/N-ethyl adjacent to an activating group) is 1. The van der Waals surface area contributed by atoms with Crippen molar-refractivity contribution >= 4 is 29.2 Å². The molecule has 0 atom stereocenters. The van der Waals surface area contributed by atoms with E-state index in [2.05, 4.69) is 27.1 Å². The Kier molecular flexibility index (Phi) is 4.04. The van der Waals surface area contributed by atoms with Gasteiger partial charge in [-0.2, -0.15) is 9.97 Å². The third kappa shape index (κ3) is 2.80. The Bertz CT molecular complexity index is 684. The van der Waals surface area contributed by atoms with Crippen LogP contribution >= 0.6 is 11.6 Å². The van der Waals surface area contributed by atoms with Gasteiger partial charge in [0.1, 0.15) is 11.6 Å². The highest BCUT2D eigenvalue weighted by molar-refractivity contribution is 6.30. The fraction of sp³-hybridized carbons (Fsp3) is 0.333.